The smallest absolute Gasteiger partial charge is 0.0739 e. The molecule has 0 spiro atoms. The molecule has 1 heterocycles. The largest absolute Gasteiger partial charge is 0.325 e. The molecule has 0 aliphatic heterocycles. The fraction of sp³-hybridized carbons (Fsp3) is 0.438. The summed E-state index contributed by atoms with van der Waals surface area (Å²) in [5.41, 5.74) is 12.0. The van der Waals surface area contributed by atoms with E-state index in [0.29, 0.717) is 0 Å². The molecule has 1 aromatic heterocycles. The summed E-state index contributed by atoms with van der Waals surface area (Å²) in [6.45, 7) is 10.4. The Morgan fingerprint density at radius 2 is 1.72 bits per heavy atom. The third-order valence-electron chi connectivity index (χ3n) is 3.23. The van der Waals surface area contributed by atoms with E-state index >= 15 is 0 Å². The average molecular weight is 242 g/mol. The Morgan fingerprint density at radius 3 is 2.33 bits per heavy atom. The van der Waals surface area contributed by atoms with Gasteiger partial charge in [-0.15, -0.1) is 0 Å². The Labute approximate surface area is 109 Å². The van der Waals surface area contributed by atoms with Gasteiger partial charge in [-0.25, -0.2) is 0 Å². The number of pyridine rings is 1. The predicted octanol–water partition coefficient (Wildman–Crippen LogP) is 3.44. The summed E-state index contributed by atoms with van der Waals surface area (Å²) in [5, 5.41) is 1.28. The Kier molecular flexibility index (Phi) is 3.16. The number of nitrogens with zero attached hydrogens (tertiary/aromatic N) is 1. The quantitative estimate of drug-likeness (QED) is 0.876. The van der Waals surface area contributed by atoms with E-state index in [2.05, 4.69) is 50.9 Å². The van der Waals surface area contributed by atoms with Gasteiger partial charge < -0.3 is 5.73 Å². The monoisotopic (exact) mass is 242 g/mol. The summed E-state index contributed by atoms with van der Waals surface area (Å²) in [5.74, 6) is 0. The number of rotatable bonds is 2. The molecule has 0 fully saturated rings. The minimum absolute atomic E-state index is 0.198. The summed E-state index contributed by atoms with van der Waals surface area (Å²) in [4.78, 5) is 4.69. The van der Waals surface area contributed by atoms with Gasteiger partial charge in [0.25, 0.3) is 0 Å². The van der Waals surface area contributed by atoms with E-state index in [0.717, 1.165) is 17.6 Å². The first-order valence-corrected chi connectivity index (χ1v) is 6.43. The van der Waals surface area contributed by atoms with Crippen LogP contribution in [-0.2, 0) is 6.42 Å². The summed E-state index contributed by atoms with van der Waals surface area (Å²) in [6, 6.07) is 6.48. The van der Waals surface area contributed by atoms with Crippen molar-refractivity contribution in [1.82, 2.24) is 4.98 Å². The van der Waals surface area contributed by atoms with E-state index in [9.17, 15) is 0 Å². The van der Waals surface area contributed by atoms with Crippen LogP contribution in [0.15, 0.2) is 18.2 Å². The SMILES string of the molecule is Cc1cc(CC(C)(C)N)c2c(C)ccc(C)c2n1. The maximum atomic E-state index is 6.18. The zero-order chi connectivity index (χ0) is 13.5. The van der Waals surface area contributed by atoms with Crippen LogP contribution in [0.5, 0.6) is 0 Å². The molecule has 0 unspecified atom stereocenters. The topological polar surface area (TPSA) is 38.9 Å². The maximum absolute atomic E-state index is 6.18. The van der Waals surface area contributed by atoms with Crippen molar-refractivity contribution in [1.29, 1.82) is 0 Å². The van der Waals surface area contributed by atoms with Gasteiger partial charge in [-0.05, 0) is 63.8 Å². The molecule has 2 heteroatoms. The third kappa shape index (κ3) is 2.54. The second-order valence-electron chi connectivity index (χ2n) is 6.01. The molecule has 2 rings (SSSR count). The fourth-order valence-electron chi connectivity index (χ4n) is 2.51. The van der Waals surface area contributed by atoms with Gasteiger partial charge in [-0.1, -0.05) is 12.1 Å². The van der Waals surface area contributed by atoms with Crippen molar-refractivity contribution in [2.75, 3.05) is 0 Å². The van der Waals surface area contributed by atoms with Gasteiger partial charge in [0.15, 0.2) is 0 Å². The number of aromatic nitrogens is 1. The fourth-order valence-corrected chi connectivity index (χ4v) is 2.51. The Morgan fingerprint density at radius 1 is 1.11 bits per heavy atom. The van der Waals surface area contributed by atoms with E-state index in [-0.39, 0.29) is 5.54 Å². The van der Waals surface area contributed by atoms with Gasteiger partial charge in [0, 0.05) is 16.6 Å². The van der Waals surface area contributed by atoms with Crippen molar-refractivity contribution in [3.8, 4) is 0 Å². The summed E-state index contributed by atoms with van der Waals surface area (Å²) >= 11 is 0. The highest BCUT2D eigenvalue weighted by Crippen LogP contribution is 2.27. The lowest BCUT2D eigenvalue weighted by Gasteiger charge is -2.21. The highest BCUT2D eigenvalue weighted by atomic mass is 14.7. The van der Waals surface area contributed by atoms with Gasteiger partial charge in [0.2, 0.25) is 0 Å². The molecular weight excluding hydrogens is 220 g/mol. The lowest BCUT2D eigenvalue weighted by molar-refractivity contribution is 0.518. The minimum atomic E-state index is -0.198. The number of hydrogen-bond donors (Lipinski definition) is 1. The van der Waals surface area contributed by atoms with Crippen molar-refractivity contribution in [2.24, 2.45) is 5.73 Å². The molecule has 1 aromatic carbocycles. The Balaban J connectivity index is 2.76. The number of aryl methyl sites for hydroxylation is 3. The van der Waals surface area contributed by atoms with E-state index < -0.39 is 0 Å². The molecule has 0 amide bonds. The summed E-state index contributed by atoms with van der Waals surface area (Å²) in [7, 11) is 0. The van der Waals surface area contributed by atoms with Crippen molar-refractivity contribution < 1.29 is 0 Å². The van der Waals surface area contributed by atoms with Crippen LogP contribution in [0.1, 0.15) is 36.2 Å². The summed E-state index contributed by atoms with van der Waals surface area (Å²) < 4.78 is 0. The van der Waals surface area contributed by atoms with Crippen molar-refractivity contribution in [3.63, 3.8) is 0 Å². The first kappa shape index (κ1) is 13.0. The molecule has 0 bridgehead atoms. The van der Waals surface area contributed by atoms with Crippen LogP contribution in [0.25, 0.3) is 10.9 Å². The number of nitrogens with two attached hydrogens (primary N) is 1. The van der Waals surface area contributed by atoms with Crippen LogP contribution in [0.4, 0.5) is 0 Å². The molecule has 2 aromatic rings. The molecule has 18 heavy (non-hydrogen) atoms. The van der Waals surface area contributed by atoms with Crippen molar-refractivity contribution in [3.05, 3.63) is 40.6 Å². The molecular formula is C16H22N2. The minimum Gasteiger partial charge on any atom is -0.325 e. The molecule has 96 valence electrons. The molecule has 0 saturated heterocycles. The van der Waals surface area contributed by atoms with Crippen molar-refractivity contribution in [2.45, 2.75) is 46.6 Å². The second-order valence-corrected chi connectivity index (χ2v) is 6.01. The zero-order valence-electron chi connectivity index (χ0n) is 12.0. The number of hydrogen-bond acceptors (Lipinski definition) is 2. The highest BCUT2D eigenvalue weighted by molar-refractivity contribution is 5.88. The zero-order valence-corrected chi connectivity index (χ0v) is 12.0. The lowest BCUT2D eigenvalue weighted by atomic mass is 9.91. The van der Waals surface area contributed by atoms with E-state index in [4.69, 9.17) is 5.73 Å². The first-order chi connectivity index (χ1) is 8.28. The number of benzene rings is 1. The standard InChI is InChI=1S/C16H22N2/c1-10-6-7-11(2)15-14(10)13(8-12(3)18-15)9-16(4,5)17/h6-8H,9,17H2,1-5H3. The molecule has 0 aliphatic rings. The van der Waals surface area contributed by atoms with Crippen LogP contribution in [0.2, 0.25) is 0 Å². The first-order valence-electron chi connectivity index (χ1n) is 6.43. The van der Waals surface area contributed by atoms with Crippen LogP contribution in [0, 0.1) is 20.8 Å². The third-order valence-corrected chi connectivity index (χ3v) is 3.23. The van der Waals surface area contributed by atoms with E-state index in [1.165, 1.54) is 22.1 Å². The highest BCUT2D eigenvalue weighted by Gasteiger charge is 2.16. The van der Waals surface area contributed by atoms with Crippen LogP contribution < -0.4 is 5.73 Å². The molecule has 0 saturated carbocycles. The van der Waals surface area contributed by atoms with Crippen LogP contribution in [0.3, 0.4) is 0 Å². The van der Waals surface area contributed by atoms with Gasteiger partial charge >= 0.3 is 0 Å². The molecule has 0 aliphatic carbocycles. The van der Waals surface area contributed by atoms with Gasteiger partial charge in [0.1, 0.15) is 0 Å². The molecule has 0 atom stereocenters. The average Bonchev–Trinajstić information content (AvgIpc) is 2.20. The van der Waals surface area contributed by atoms with Crippen LogP contribution in [-0.4, -0.2) is 10.5 Å². The predicted molar refractivity (Wildman–Crippen MR) is 77.9 cm³/mol. The summed E-state index contributed by atoms with van der Waals surface area (Å²) in [6.07, 6.45) is 0.872. The maximum Gasteiger partial charge on any atom is 0.0739 e. The number of fused-ring (bicyclic) bond motifs is 1. The van der Waals surface area contributed by atoms with Gasteiger partial charge in [-0.3, -0.25) is 4.98 Å². The van der Waals surface area contributed by atoms with E-state index in [1.807, 2.05) is 6.92 Å². The molecule has 2 N–H and O–H groups in total. The van der Waals surface area contributed by atoms with Gasteiger partial charge in [-0.2, -0.15) is 0 Å². The Hall–Kier alpha value is -1.41. The second kappa shape index (κ2) is 4.36. The van der Waals surface area contributed by atoms with Gasteiger partial charge in [0.05, 0.1) is 5.52 Å². The normalized spacial score (nSPS) is 12.1. The lowest BCUT2D eigenvalue weighted by Crippen LogP contribution is -2.34. The van der Waals surface area contributed by atoms with E-state index in [1.54, 1.807) is 0 Å². The molecule has 0 radical (unpaired) electrons. The van der Waals surface area contributed by atoms with Crippen LogP contribution >= 0.6 is 0 Å². The Bertz CT molecular complexity index is 592. The van der Waals surface area contributed by atoms with Crippen molar-refractivity contribution >= 4 is 10.9 Å². The molecule has 2 nitrogen and oxygen atoms in total.